The smallest absolute Gasteiger partial charge is 0.462 e. The Labute approximate surface area is 172 Å². The fraction of sp³-hybridized carbons (Fsp3) is 0.810. The highest BCUT2D eigenvalue weighted by atomic mass is 31.2. The summed E-state index contributed by atoms with van der Waals surface area (Å²) in [5.74, 6) is 3.64. The van der Waals surface area contributed by atoms with Gasteiger partial charge < -0.3 is 19.4 Å². The number of fused-ring (bicyclic) bond motifs is 5. The number of carbonyl (C=O) groups excluding carboxylic acids is 2. The van der Waals surface area contributed by atoms with Crippen molar-refractivity contribution in [2.75, 3.05) is 0 Å². The molecule has 3 N–H and O–H groups in total. The number of esters is 1. The first kappa shape index (κ1) is 22.7. The van der Waals surface area contributed by atoms with Crippen LogP contribution in [0.15, 0.2) is 11.6 Å². The summed E-state index contributed by atoms with van der Waals surface area (Å²) in [6.45, 7) is 6.30. The van der Waals surface area contributed by atoms with Crippen LogP contribution in [0.1, 0.15) is 65.7 Å². The number of ketones is 1. The third-order valence-corrected chi connectivity index (χ3v) is 7.86. The SMILES string of the molecule is CC(=O)O[C@H]1CC[C@H]2[C@H]3[C@H](CC[C@]12C)[C@H]1CCC(=O)C=C1C[C@H]3C.O=P(O)(O)O. The summed E-state index contributed by atoms with van der Waals surface area (Å²) in [7, 11) is -4.64. The maximum Gasteiger partial charge on any atom is 0.466 e. The summed E-state index contributed by atoms with van der Waals surface area (Å²) < 4.78 is 14.6. The molecule has 164 valence electrons. The first-order valence-corrected chi connectivity index (χ1v) is 12.2. The molecule has 0 aromatic heterocycles. The fourth-order valence-corrected chi connectivity index (χ4v) is 6.93. The number of hydrogen-bond donors (Lipinski definition) is 3. The Bertz CT molecular complexity index is 733. The van der Waals surface area contributed by atoms with E-state index < -0.39 is 7.82 Å². The van der Waals surface area contributed by atoms with Gasteiger partial charge in [-0.1, -0.05) is 19.4 Å². The molecule has 0 heterocycles. The Kier molecular flexibility index (Phi) is 6.45. The lowest BCUT2D eigenvalue weighted by Gasteiger charge is -2.55. The molecular weight excluding hydrogens is 395 g/mol. The average Bonchev–Trinajstić information content (AvgIpc) is 2.89. The Hall–Kier alpha value is -1.01. The largest absolute Gasteiger partial charge is 0.466 e. The average molecular weight is 428 g/mol. The molecule has 0 aromatic carbocycles. The fourth-order valence-electron chi connectivity index (χ4n) is 6.93. The highest BCUT2D eigenvalue weighted by molar-refractivity contribution is 7.45. The molecule has 0 radical (unpaired) electrons. The lowest BCUT2D eigenvalue weighted by atomic mass is 9.49. The van der Waals surface area contributed by atoms with Crippen LogP contribution >= 0.6 is 7.82 Å². The molecule has 0 aliphatic heterocycles. The molecule has 3 fully saturated rings. The molecule has 7 atom stereocenters. The second-order valence-corrected chi connectivity index (χ2v) is 10.6. The Balaban J connectivity index is 0.000000431. The van der Waals surface area contributed by atoms with E-state index in [0.717, 1.165) is 37.5 Å². The topological polar surface area (TPSA) is 121 Å². The summed E-state index contributed by atoms with van der Waals surface area (Å²) in [5, 5.41) is 0. The quantitative estimate of drug-likeness (QED) is 0.432. The van der Waals surface area contributed by atoms with E-state index in [2.05, 4.69) is 13.8 Å². The minimum Gasteiger partial charge on any atom is -0.462 e. The second kappa shape index (κ2) is 8.26. The van der Waals surface area contributed by atoms with Crippen LogP contribution in [0.3, 0.4) is 0 Å². The van der Waals surface area contributed by atoms with Gasteiger partial charge in [-0.3, -0.25) is 9.59 Å². The predicted molar refractivity (Wildman–Crippen MR) is 106 cm³/mol. The van der Waals surface area contributed by atoms with Gasteiger partial charge in [-0.05, 0) is 74.2 Å². The molecule has 7 nitrogen and oxygen atoms in total. The summed E-state index contributed by atoms with van der Waals surface area (Å²) in [4.78, 5) is 44.9. The number of hydrogen-bond acceptors (Lipinski definition) is 4. The van der Waals surface area contributed by atoms with E-state index in [1.165, 1.54) is 24.8 Å². The normalized spacial score (nSPS) is 41.2. The van der Waals surface area contributed by atoms with E-state index in [1.807, 2.05) is 6.08 Å². The van der Waals surface area contributed by atoms with Gasteiger partial charge in [-0.25, -0.2) is 4.57 Å². The van der Waals surface area contributed by atoms with E-state index >= 15 is 0 Å². The number of ether oxygens (including phenoxy) is 1. The zero-order valence-electron chi connectivity index (χ0n) is 17.4. The van der Waals surface area contributed by atoms with E-state index in [0.29, 0.717) is 23.5 Å². The zero-order chi connectivity index (χ0) is 21.6. The van der Waals surface area contributed by atoms with Crippen LogP contribution in [0.25, 0.3) is 0 Å². The maximum absolute atomic E-state index is 11.8. The van der Waals surface area contributed by atoms with E-state index in [4.69, 9.17) is 24.0 Å². The molecular formula is C21H33O7P. The third-order valence-electron chi connectivity index (χ3n) is 7.86. The van der Waals surface area contributed by atoms with Crippen molar-refractivity contribution in [1.29, 1.82) is 0 Å². The van der Waals surface area contributed by atoms with Gasteiger partial charge in [0.15, 0.2) is 5.78 Å². The molecule has 4 aliphatic carbocycles. The van der Waals surface area contributed by atoms with Gasteiger partial charge in [-0.2, -0.15) is 0 Å². The minimum atomic E-state index is -4.64. The van der Waals surface area contributed by atoms with Crippen molar-refractivity contribution in [3.63, 3.8) is 0 Å². The molecule has 0 bridgehead atoms. The van der Waals surface area contributed by atoms with Gasteiger partial charge >= 0.3 is 13.8 Å². The molecule has 4 rings (SSSR count). The Morgan fingerprint density at radius 2 is 1.86 bits per heavy atom. The van der Waals surface area contributed by atoms with Crippen LogP contribution in [0.5, 0.6) is 0 Å². The van der Waals surface area contributed by atoms with Gasteiger partial charge in [0.25, 0.3) is 0 Å². The van der Waals surface area contributed by atoms with Crippen LogP contribution < -0.4 is 0 Å². The highest BCUT2D eigenvalue weighted by Crippen LogP contribution is 2.63. The molecule has 0 spiro atoms. The molecule has 4 aliphatic rings. The van der Waals surface area contributed by atoms with Crippen LogP contribution in [-0.4, -0.2) is 32.5 Å². The van der Waals surface area contributed by atoms with Gasteiger partial charge in [0.05, 0.1) is 0 Å². The van der Waals surface area contributed by atoms with Crippen molar-refractivity contribution in [2.45, 2.75) is 71.8 Å². The van der Waals surface area contributed by atoms with Crippen molar-refractivity contribution in [2.24, 2.45) is 35.0 Å². The van der Waals surface area contributed by atoms with Crippen LogP contribution in [-0.2, 0) is 18.9 Å². The van der Waals surface area contributed by atoms with E-state index in [9.17, 15) is 9.59 Å². The van der Waals surface area contributed by atoms with Crippen molar-refractivity contribution in [3.05, 3.63) is 11.6 Å². The standard InChI is InChI=1S/C21H30O3.H3O4P/c1-12-10-14-11-15(23)4-5-16(14)17-8-9-21(3)18(20(12)17)6-7-19(21)24-13(2)22;1-5(2,3)4/h11-12,16-20H,4-10H2,1-3H3;(H3,1,2,3,4)/t12-,16+,17-,18+,19+,20-,21+;/m1./s1. The summed E-state index contributed by atoms with van der Waals surface area (Å²) in [6.07, 6.45) is 9.62. The van der Waals surface area contributed by atoms with Gasteiger partial charge in [0.2, 0.25) is 0 Å². The summed E-state index contributed by atoms with van der Waals surface area (Å²) in [6, 6.07) is 0. The van der Waals surface area contributed by atoms with Crippen molar-refractivity contribution in [1.82, 2.24) is 0 Å². The number of allylic oxidation sites excluding steroid dienone is 1. The van der Waals surface area contributed by atoms with Crippen molar-refractivity contribution in [3.8, 4) is 0 Å². The molecule has 0 saturated heterocycles. The summed E-state index contributed by atoms with van der Waals surface area (Å²) in [5.41, 5.74) is 1.60. The van der Waals surface area contributed by atoms with E-state index in [1.54, 1.807) is 6.92 Å². The predicted octanol–water partition coefficient (Wildman–Crippen LogP) is 3.38. The third kappa shape index (κ3) is 4.84. The Morgan fingerprint density at radius 3 is 2.48 bits per heavy atom. The molecule has 0 amide bonds. The lowest BCUT2D eigenvalue weighted by Crippen LogP contribution is -2.50. The number of carbonyl (C=O) groups is 2. The molecule has 0 aromatic rings. The van der Waals surface area contributed by atoms with Crippen molar-refractivity contribution < 1.29 is 33.6 Å². The van der Waals surface area contributed by atoms with Crippen LogP contribution in [0.4, 0.5) is 0 Å². The summed E-state index contributed by atoms with van der Waals surface area (Å²) >= 11 is 0. The molecule has 0 unspecified atom stereocenters. The van der Waals surface area contributed by atoms with E-state index in [-0.39, 0.29) is 17.5 Å². The highest BCUT2D eigenvalue weighted by Gasteiger charge is 2.58. The van der Waals surface area contributed by atoms with Gasteiger partial charge in [0.1, 0.15) is 6.10 Å². The zero-order valence-corrected chi connectivity index (χ0v) is 18.3. The lowest BCUT2D eigenvalue weighted by molar-refractivity contribution is -0.157. The Morgan fingerprint density at radius 1 is 1.21 bits per heavy atom. The minimum absolute atomic E-state index is 0.109. The molecule has 29 heavy (non-hydrogen) atoms. The van der Waals surface area contributed by atoms with Crippen LogP contribution in [0.2, 0.25) is 0 Å². The monoisotopic (exact) mass is 428 g/mol. The first-order valence-electron chi connectivity index (χ1n) is 10.6. The van der Waals surface area contributed by atoms with Crippen LogP contribution in [0, 0.1) is 35.0 Å². The van der Waals surface area contributed by atoms with Gasteiger partial charge in [0, 0.05) is 18.8 Å². The van der Waals surface area contributed by atoms with Crippen molar-refractivity contribution >= 4 is 19.6 Å². The number of rotatable bonds is 1. The second-order valence-electron chi connectivity index (χ2n) is 9.59. The number of phosphoric acid groups is 1. The maximum atomic E-state index is 11.8. The molecule has 8 heteroatoms. The molecule has 3 saturated carbocycles. The van der Waals surface area contributed by atoms with Gasteiger partial charge in [-0.15, -0.1) is 0 Å². The first-order chi connectivity index (χ1) is 13.4.